The van der Waals surface area contributed by atoms with Crippen LogP contribution in [0.25, 0.3) is 22.2 Å². The van der Waals surface area contributed by atoms with Crippen LogP contribution in [0.2, 0.25) is 5.02 Å². The predicted octanol–water partition coefficient (Wildman–Crippen LogP) is 2.26. The van der Waals surface area contributed by atoms with Gasteiger partial charge in [-0.3, -0.25) is 18.9 Å². The van der Waals surface area contributed by atoms with Crippen molar-refractivity contribution in [2.75, 3.05) is 0 Å². The molecule has 5 nitrogen and oxygen atoms in total. The molecule has 112 valence electrons. The topological polar surface area (TPSA) is 56.9 Å². The van der Waals surface area contributed by atoms with Crippen LogP contribution >= 0.6 is 11.6 Å². The van der Waals surface area contributed by atoms with Gasteiger partial charge in [-0.2, -0.15) is 0 Å². The number of aryl methyl sites for hydroxylation is 2. The molecule has 0 aliphatic rings. The third-order valence-electron chi connectivity index (χ3n) is 3.70. The van der Waals surface area contributed by atoms with E-state index in [1.807, 2.05) is 19.1 Å². The fourth-order valence-electron chi connectivity index (χ4n) is 2.53. The minimum absolute atomic E-state index is 0.351. The lowest BCUT2D eigenvalue weighted by Gasteiger charge is -2.12. The summed E-state index contributed by atoms with van der Waals surface area (Å²) in [7, 11) is 3.12. The molecule has 0 radical (unpaired) electrons. The van der Waals surface area contributed by atoms with Crippen molar-refractivity contribution in [2.45, 2.75) is 6.92 Å². The molecule has 0 amide bonds. The maximum absolute atomic E-state index is 12.6. The quantitative estimate of drug-likeness (QED) is 0.692. The third-order valence-corrected chi connectivity index (χ3v) is 3.95. The largest absolute Gasteiger partial charge is 0.330 e. The molecule has 0 aliphatic carbocycles. The van der Waals surface area contributed by atoms with Crippen LogP contribution in [-0.2, 0) is 14.1 Å². The molecule has 22 heavy (non-hydrogen) atoms. The first-order valence-electron chi connectivity index (χ1n) is 6.73. The van der Waals surface area contributed by atoms with Crippen LogP contribution in [0, 0.1) is 6.92 Å². The minimum atomic E-state index is -0.356. The highest BCUT2D eigenvalue weighted by atomic mass is 35.5. The molecule has 0 spiro atoms. The summed E-state index contributed by atoms with van der Waals surface area (Å²) in [6, 6.07) is 8.87. The zero-order valence-electron chi connectivity index (χ0n) is 12.4. The molecule has 0 atom stereocenters. The van der Waals surface area contributed by atoms with Gasteiger partial charge in [0.25, 0.3) is 5.56 Å². The van der Waals surface area contributed by atoms with E-state index in [1.54, 1.807) is 25.2 Å². The predicted molar refractivity (Wildman–Crippen MR) is 87.4 cm³/mol. The molecule has 3 aromatic rings. The summed E-state index contributed by atoms with van der Waals surface area (Å²) < 4.78 is 2.56. The molecule has 0 aliphatic heterocycles. The van der Waals surface area contributed by atoms with Crippen LogP contribution < -0.4 is 11.2 Å². The molecule has 3 rings (SSSR count). The maximum atomic E-state index is 12.6. The van der Waals surface area contributed by atoms with E-state index in [-0.39, 0.29) is 11.2 Å². The minimum Gasteiger partial charge on any atom is -0.296 e. The number of fused-ring (bicyclic) bond motifs is 1. The van der Waals surface area contributed by atoms with E-state index in [1.165, 1.54) is 11.6 Å². The van der Waals surface area contributed by atoms with E-state index in [2.05, 4.69) is 4.98 Å². The fraction of sp³-hybridized carbons (Fsp3) is 0.188. The third kappa shape index (κ3) is 2.14. The monoisotopic (exact) mass is 315 g/mol. The molecular weight excluding hydrogens is 302 g/mol. The Hall–Kier alpha value is -2.40. The first-order chi connectivity index (χ1) is 10.4. The summed E-state index contributed by atoms with van der Waals surface area (Å²) in [5.41, 5.74) is 1.95. The Morgan fingerprint density at radius 3 is 2.32 bits per heavy atom. The number of hydrogen-bond donors (Lipinski definition) is 0. The summed E-state index contributed by atoms with van der Waals surface area (Å²) >= 11 is 5.92. The Morgan fingerprint density at radius 1 is 1.05 bits per heavy atom. The number of halogens is 1. The smallest absolute Gasteiger partial charge is 0.296 e. The standard InChI is InChI=1S/C16H14ClN3O2/c1-9-8-12-13(15(21)20(3)16(22)19(12)2)14(18-9)10-4-6-11(17)7-5-10/h4-8H,1-3H3. The molecule has 2 aromatic heterocycles. The van der Waals surface area contributed by atoms with Crippen LogP contribution in [0.5, 0.6) is 0 Å². The first-order valence-corrected chi connectivity index (χ1v) is 7.11. The van der Waals surface area contributed by atoms with Crippen molar-refractivity contribution in [3.8, 4) is 11.3 Å². The van der Waals surface area contributed by atoms with Gasteiger partial charge in [-0.25, -0.2) is 4.79 Å². The first kappa shape index (κ1) is 14.5. The maximum Gasteiger partial charge on any atom is 0.330 e. The van der Waals surface area contributed by atoms with Gasteiger partial charge in [0.2, 0.25) is 0 Å². The summed E-state index contributed by atoms with van der Waals surface area (Å²) in [5, 5.41) is 1.04. The Kier molecular flexibility index (Phi) is 3.37. The van der Waals surface area contributed by atoms with Gasteiger partial charge in [0, 0.05) is 30.4 Å². The van der Waals surface area contributed by atoms with E-state index in [0.29, 0.717) is 21.6 Å². The molecule has 0 unspecified atom stereocenters. The Labute approximate surface area is 131 Å². The summed E-state index contributed by atoms with van der Waals surface area (Å²) in [6.07, 6.45) is 0. The van der Waals surface area contributed by atoms with Gasteiger partial charge in [-0.1, -0.05) is 23.7 Å². The normalized spacial score (nSPS) is 11.1. The van der Waals surface area contributed by atoms with E-state index >= 15 is 0 Å². The molecule has 0 N–H and O–H groups in total. The average molecular weight is 316 g/mol. The van der Waals surface area contributed by atoms with E-state index in [0.717, 1.165) is 15.8 Å². The van der Waals surface area contributed by atoms with Crippen LogP contribution in [0.1, 0.15) is 5.69 Å². The van der Waals surface area contributed by atoms with Gasteiger partial charge < -0.3 is 0 Å². The average Bonchev–Trinajstić information content (AvgIpc) is 2.50. The zero-order chi connectivity index (χ0) is 16.0. The van der Waals surface area contributed by atoms with Crippen molar-refractivity contribution in [1.29, 1.82) is 0 Å². The molecule has 0 bridgehead atoms. The number of aromatic nitrogens is 3. The van der Waals surface area contributed by atoms with Crippen molar-refractivity contribution >= 4 is 22.5 Å². The second-order valence-corrected chi connectivity index (χ2v) is 5.66. The second-order valence-electron chi connectivity index (χ2n) is 5.22. The van der Waals surface area contributed by atoms with Crippen LogP contribution in [0.3, 0.4) is 0 Å². The Morgan fingerprint density at radius 2 is 1.68 bits per heavy atom. The number of hydrogen-bond acceptors (Lipinski definition) is 3. The molecule has 1 aromatic carbocycles. The van der Waals surface area contributed by atoms with Gasteiger partial charge in [0.05, 0.1) is 16.6 Å². The number of benzene rings is 1. The number of nitrogens with zero attached hydrogens (tertiary/aromatic N) is 3. The lowest BCUT2D eigenvalue weighted by Crippen LogP contribution is -2.37. The van der Waals surface area contributed by atoms with Crippen LogP contribution in [0.4, 0.5) is 0 Å². The molecule has 0 fully saturated rings. The summed E-state index contributed by atoms with van der Waals surface area (Å²) in [4.78, 5) is 29.2. The van der Waals surface area contributed by atoms with Gasteiger partial charge >= 0.3 is 5.69 Å². The lowest BCUT2D eigenvalue weighted by atomic mass is 10.1. The highest BCUT2D eigenvalue weighted by Crippen LogP contribution is 2.25. The molecule has 0 saturated carbocycles. The highest BCUT2D eigenvalue weighted by Gasteiger charge is 2.15. The van der Waals surface area contributed by atoms with Crippen molar-refractivity contribution in [3.05, 3.63) is 61.9 Å². The van der Waals surface area contributed by atoms with E-state index in [9.17, 15) is 9.59 Å². The van der Waals surface area contributed by atoms with Gasteiger partial charge in [-0.05, 0) is 25.1 Å². The highest BCUT2D eigenvalue weighted by molar-refractivity contribution is 6.30. The molecule has 2 heterocycles. The van der Waals surface area contributed by atoms with E-state index < -0.39 is 0 Å². The molecule has 0 saturated heterocycles. The van der Waals surface area contributed by atoms with E-state index in [4.69, 9.17) is 11.6 Å². The van der Waals surface area contributed by atoms with Crippen LogP contribution in [0.15, 0.2) is 39.9 Å². The van der Waals surface area contributed by atoms with Gasteiger partial charge in [-0.15, -0.1) is 0 Å². The van der Waals surface area contributed by atoms with Crippen molar-refractivity contribution in [1.82, 2.24) is 14.1 Å². The van der Waals surface area contributed by atoms with Crippen molar-refractivity contribution in [3.63, 3.8) is 0 Å². The second kappa shape index (κ2) is 5.10. The lowest BCUT2D eigenvalue weighted by molar-refractivity contribution is 0.713. The number of pyridine rings is 1. The zero-order valence-corrected chi connectivity index (χ0v) is 13.2. The fourth-order valence-corrected chi connectivity index (χ4v) is 2.66. The number of rotatable bonds is 1. The summed E-state index contributed by atoms with van der Waals surface area (Å²) in [5.74, 6) is 0. The van der Waals surface area contributed by atoms with Crippen molar-refractivity contribution < 1.29 is 0 Å². The van der Waals surface area contributed by atoms with Gasteiger partial charge in [0.1, 0.15) is 0 Å². The SMILES string of the molecule is Cc1cc2c(c(-c3ccc(Cl)cc3)n1)c(=O)n(C)c(=O)n2C. The Bertz CT molecular complexity index is 1000. The Balaban J connectivity index is 2.53. The molecule has 6 heteroatoms. The summed E-state index contributed by atoms with van der Waals surface area (Å²) in [6.45, 7) is 1.83. The van der Waals surface area contributed by atoms with Gasteiger partial charge in [0.15, 0.2) is 0 Å². The molecular formula is C16H14ClN3O2. The van der Waals surface area contributed by atoms with Crippen LogP contribution in [-0.4, -0.2) is 14.1 Å². The van der Waals surface area contributed by atoms with Crippen molar-refractivity contribution in [2.24, 2.45) is 14.1 Å².